The van der Waals surface area contributed by atoms with Gasteiger partial charge in [0, 0.05) is 50.2 Å². The van der Waals surface area contributed by atoms with E-state index >= 15 is 0 Å². The zero-order valence-electron chi connectivity index (χ0n) is 18.4. The first-order chi connectivity index (χ1) is 16.1. The number of hydrogen-bond acceptors (Lipinski definition) is 8. The fourth-order valence-corrected chi connectivity index (χ4v) is 6.18. The average molecular weight is 466 g/mol. The van der Waals surface area contributed by atoms with E-state index in [4.69, 9.17) is 17.3 Å². The minimum Gasteiger partial charge on any atom is -0.368 e. The van der Waals surface area contributed by atoms with Crippen LogP contribution in [0.4, 0.5) is 23.3 Å². The Hall–Kier alpha value is -2.91. The standard InChI is InChI=1S/C23H28ClN9/c24-18-13-17(28-23-29-22(25)33(30-23)21-5-6-26-14-27-21)3-4-19(18)31-7-9-32(10-8-31)20-12-15-1-2-16(20)11-15/h3-6,13-16,20H,1-2,7-12H2,(H3,25,28,29,30)/t15-,16+,20+/m1/s1. The molecule has 3 N–H and O–H groups in total. The van der Waals surface area contributed by atoms with Crippen LogP contribution >= 0.6 is 11.6 Å². The molecular formula is C23H28ClN9. The van der Waals surface area contributed by atoms with E-state index in [0.717, 1.165) is 60.5 Å². The average Bonchev–Trinajstić information content (AvgIpc) is 3.56. The molecule has 172 valence electrons. The number of rotatable bonds is 5. The van der Waals surface area contributed by atoms with Crippen LogP contribution in [0.3, 0.4) is 0 Å². The number of benzene rings is 1. The van der Waals surface area contributed by atoms with Gasteiger partial charge in [0.15, 0.2) is 5.82 Å². The molecule has 9 nitrogen and oxygen atoms in total. The number of piperazine rings is 1. The highest BCUT2D eigenvalue weighted by Crippen LogP contribution is 2.47. The molecule has 0 spiro atoms. The molecule has 2 saturated carbocycles. The second kappa shape index (κ2) is 8.46. The summed E-state index contributed by atoms with van der Waals surface area (Å²) in [6.45, 7) is 4.27. The Morgan fingerprint density at radius 3 is 2.64 bits per heavy atom. The maximum absolute atomic E-state index is 6.69. The lowest BCUT2D eigenvalue weighted by atomic mass is 9.93. The lowest BCUT2D eigenvalue weighted by Gasteiger charge is -2.42. The van der Waals surface area contributed by atoms with Crippen LogP contribution < -0.4 is 16.0 Å². The van der Waals surface area contributed by atoms with Crippen molar-refractivity contribution in [2.45, 2.75) is 31.7 Å². The van der Waals surface area contributed by atoms with E-state index in [1.165, 1.54) is 36.7 Å². The van der Waals surface area contributed by atoms with Crippen LogP contribution in [-0.4, -0.2) is 61.9 Å². The molecule has 3 heterocycles. The molecule has 1 aromatic carbocycles. The molecule has 2 aliphatic carbocycles. The summed E-state index contributed by atoms with van der Waals surface area (Å²) in [5.74, 6) is 3.11. The second-order valence-corrected chi connectivity index (χ2v) is 9.74. The normalized spacial score (nSPS) is 25.0. The minimum atomic E-state index is 0.243. The fraction of sp³-hybridized carbons (Fsp3) is 0.478. The monoisotopic (exact) mass is 465 g/mol. The van der Waals surface area contributed by atoms with E-state index in [9.17, 15) is 0 Å². The first kappa shape index (κ1) is 20.7. The summed E-state index contributed by atoms with van der Waals surface area (Å²) in [7, 11) is 0. The molecule has 6 rings (SSSR count). The predicted molar refractivity (Wildman–Crippen MR) is 129 cm³/mol. The molecule has 0 unspecified atom stereocenters. The Kier molecular flexibility index (Phi) is 5.30. The lowest BCUT2D eigenvalue weighted by molar-refractivity contribution is 0.135. The Morgan fingerprint density at radius 2 is 1.94 bits per heavy atom. The SMILES string of the molecule is Nc1nc(Nc2ccc(N3CCN([C@H]4C[C@@H]5CC[C@H]4C5)CC3)c(Cl)c2)nn1-c1ccncn1. The fourth-order valence-electron chi connectivity index (χ4n) is 5.88. The van der Waals surface area contributed by atoms with Crippen LogP contribution in [0.2, 0.25) is 5.02 Å². The highest BCUT2D eigenvalue weighted by atomic mass is 35.5. The van der Waals surface area contributed by atoms with E-state index in [1.807, 2.05) is 12.1 Å². The maximum Gasteiger partial charge on any atom is 0.248 e. The van der Waals surface area contributed by atoms with Crippen LogP contribution in [0.1, 0.15) is 25.7 Å². The van der Waals surface area contributed by atoms with Crippen molar-refractivity contribution in [2.24, 2.45) is 11.8 Å². The van der Waals surface area contributed by atoms with Gasteiger partial charge < -0.3 is 16.0 Å². The number of hydrogen-bond donors (Lipinski definition) is 2. The summed E-state index contributed by atoms with van der Waals surface area (Å²) in [5.41, 5.74) is 7.89. The lowest BCUT2D eigenvalue weighted by Crippen LogP contribution is -2.51. The highest BCUT2D eigenvalue weighted by Gasteiger charge is 2.42. The van der Waals surface area contributed by atoms with Gasteiger partial charge in [-0.05, 0) is 49.3 Å². The third-order valence-electron chi connectivity index (χ3n) is 7.44. The number of anilines is 4. The summed E-state index contributed by atoms with van der Waals surface area (Å²) in [4.78, 5) is 17.5. The van der Waals surface area contributed by atoms with Gasteiger partial charge in [-0.1, -0.05) is 18.0 Å². The van der Waals surface area contributed by atoms with Crippen molar-refractivity contribution in [3.63, 3.8) is 0 Å². The number of nitrogens with one attached hydrogen (secondary N) is 1. The zero-order chi connectivity index (χ0) is 22.4. The van der Waals surface area contributed by atoms with Crippen molar-refractivity contribution in [1.82, 2.24) is 29.6 Å². The number of aromatic nitrogens is 5. The van der Waals surface area contributed by atoms with Crippen molar-refractivity contribution in [2.75, 3.05) is 42.1 Å². The molecule has 3 atom stereocenters. The van der Waals surface area contributed by atoms with Crippen molar-refractivity contribution in [3.05, 3.63) is 41.8 Å². The van der Waals surface area contributed by atoms with E-state index in [0.29, 0.717) is 11.8 Å². The summed E-state index contributed by atoms with van der Waals surface area (Å²) >= 11 is 6.69. The van der Waals surface area contributed by atoms with Crippen LogP contribution in [0.25, 0.3) is 5.82 Å². The smallest absolute Gasteiger partial charge is 0.248 e. The molecule has 33 heavy (non-hydrogen) atoms. The molecule has 2 aromatic heterocycles. The summed E-state index contributed by atoms with van der Waals surface area (Å²) in [6.07, 6.45) is 8.85. The quantitative estimate of drug-likeness (QED) is 0.591. The van der Waals surface area contributed by atoms with Gasteiger partial charge in [-0.3, -0.25) is 4.90 Å². The van der Waals surface area contributed by atoms with Gasteiger partial charge in [0.25, 0.3) is 0 Å². The van der Waals surface area contributed by atoms with Gasteiger partial charge >= 0.3 is 0 Å². The molecule has 2 bridgehead atoms. The van der Waals surface area contributed by atoms with E-state index in [-0.39, 0.29) is 5.95 Å². The number of halogens is 1. The molecule has 10 heteroatoms. The van der Waals surface area contributed by atoms with Gasteiger partial charge in [0.2, 0.25) is 11.9 Å². The topological polar surface area (TPSA) is 101 Å². The molecule has 0 radical (unpaired) electrons. The molecular weight excluding hydrogens is 438 g/mol. The van der Waals surface area contributed by atoms with Crippen LogP contribution in [0, 0.1) is 11.8 Å². The Bertz CT molecular complexity index is 1130. The minimum absolute atomic E-state index is 0.243. The number of fused-ring (bicyclic) bond motifs is 2. The van der Waals surface area contributed by atoms with E-state index in [1.54, 1.807) is 12.3 Å². The van der Waals surface area contributed by atoms with Crippen LogP contribution in [0.5, 0.6) is 0 Å². The Morgan fingerprint density at radius 1 is 1.06 bits per heavy atom. The third-order valence-corrected chi connectivity index (χ3v) is 7.75. The number of nitrogen functional groups attached to an aromatic ring is 1. The van der Waals surface area contributed by atoms with Crippen molar-refractivity contribution < 1.29 is 0 Å². The third kappa shape index (κ3) is 4.00. The maximum atomic E-state index is 6.69. The van der Waals surface area contributed by atoms with E-state index < -0.39 is 0 Å². The first-order valence-corrected chi connectivity index (χ1v) is 12.1. The Balaban J connectivity index is 1.11. The molecule has 3 aliphatic rings. The zero-order valence-corrected chi connectivity index (χ0v) is 19.2. The van der Waals surface area contributed by atoms with Crippen molar-refractivity contribution in [3.8, 4) is 5.82 Å². The summed E-state index contributed by atoms with van der Waals surface area (Å²) in [6, 6.07) is 8.53. The van der Waals surface area contributed by atoms with Crippen molar-refractivity contribution in [1.29, 1.82) is 0 Å². The van der Waals surface area contributed by atoms with Gasteiger partial charge in [0.05, 0.1) is 10.7 Å². The molecule has 0 amide bonds. The summed E-state index contributed by atoms with van der Waals surface area (Å²) in [5, 5.41) is 8.31. The summed E-state index contributed by atoms with van der Waals surface area (Å²) < 4.78 is 1.47. The molecule has 1 aliphatic heterocycles. The van der Waals surface area contributed by atoms with Gasteiger partial charge in [0.1, 0.15) is 6.33 Å². The number of nitrogens with two attached hydrogens (primary N) is 1. The van der Waals surface area contributed by atoms with Gasteiger partial charge in [-0.2, -0.15) is 9.67 Å². The Labute approximate surface area is 198 Å². The number of nitrogens with zero attached hydrogens (tertiary/aromatic N) is 7. The largest absolute Gasteiger partial charge is 0.368 e. The predicted octanol–water partition coefficient (Wildman–Crippen LogP) is 3.35. The van der Waals surface area contributed by atoms with Crippen LogP contribution in [-0.2, 0) is 0 Å². The highest BCUT2D eigenvalue weighted by molar-refractivity contribution is 6.33. The first-order valence-electron chi connectivity index (χ1n) is 11.7. The molecule has 3 fully saturated rings. The van der Waals surface area contributed by atoms with E-state index in [2.05, 4.69) is 41.2 Å². The molecule has 3 aromatic rings. The molecule has 1 saturated heterocycles. The van der Waals surface area contributed by atoms with Gasteiger partial charge in [-0.15, -0.1) is 5.10 Å². The second-order valence-electron chi connectivity index (χ2n) is 9.33. The van der Waals surface area contributed by atoms with Crippen molar-refractivity contribution >= 4 is 34.9 Å². The van der Waals surface area contributed by atoms with Gasteiger partial charge in [-0.25, -0.2) is 9.97 Å². The van der Waals surface area contributed by atoms with Crippen LogP contribution in [0.15, 0.2) is 36.8 Å².